The van der Waals surface area contributed by atoms with Crippen LogP contribution in [0, 0.1) is 0 Å². The summed E-state index contributed by atoms with van der Waals surface area (Å²) in [5, 5.41) is 2.54. The second-order valence-corrected chi connectivity index (χ2v) is 10.7. The summed E-state index contributed by atoms with van der Waals surface area (Å²) in [6, 6.07) is 21.1. The standard InChI is InChI=1S/C18H23OPSe/c1-2-3-4-11-16-19-20(21,17-12-7-5-8-13-17)18-14-9-6-10-15-18/h5-10,12-15H,2-4,11,16H2,1H3. The van der Waals surface area contributed by atoms with Crippen LogP contribution < -0.4 is 10.6 Å². The molecule has 0 aliphatic rings. The fourth-order valence-corrected chi connectivity index (χ4v) is 6.38. The Morgan fingerprint density at radius 3 is 1.81 bits per heavy atom. The van der Waals surface area contributed by atoms with Crippen molar-refractivity contribution in [2.75, 3.05) is 6.61 Å². The molecule has 0 N–H and O–H groups in total. The molecular formula is C18H23OPSe. The minimum absolute atomic E-state index is 0.824. The van der Waals surface area contributed by atoms with Crippen molar-refractivity contribution in [2.24, 2.45) is 0 Å². The molecule has 21 heavy (non-hydrogen) atoms. The first kappa shape index (κ1) is 16.7. The predicted molar refractivity (Wildman–Crippen MR) is 94.9 cm³/mol. The molecule has 3 heteroatoms. The third kappa shape index (κ3) is 4.66. The first-order valence-corrected chi connectivity index (χ1v) is 11.6. The molecule has 2 aromatic rings. The summed E-state index contributed by atoms with van der Waals surface area (Å²) >= 11 is 3.40. The van der Waals surface area contributed by atoms with E-state index in [1.54, 1.807) is 0 Å². The SMILES string of the molecule is CCCCCCOP(=[Se])(c1ccccc1)c1ccccc1. The van der Waals surface area contributed by atoms with Crippen LogP contribution in [0.1, 0.15) is 32.6 Å². The maximum atomic E-state index is 6.40. The fourth-order valence-electron chi connectivity index (χ4n) is 2.27. The molecule has 2 aromatic carbocycles. The summed E-state index contributed by atoms with van der Waals surface area (Å²) < 4.78 is 6.40. The van der Waals surface area contributed by atoms with Crippen molar-refractivity contribution in [3.05, 3.63) is 60.7 Å². The summed E-state index contributed by atoms with van der Waals surface area (Å²) in [5.41, 5.74) is -1.85. The van der Waals surface area contributed by atoms with Crippen LogP contribution in [-0.2, 0) is 4.52 Å². The van der Waals surface area contributed by atoms with E-state index in [4.69, 9.17) is 4.52 Å². The van der Waals surface area contributed by atoms with Crippen molar-refractivity contribution in [3.8, 4) is 0 Å². The molecule has 0 fully saturated rings. The first-order chi connectivity index (χ1) is 10.3. The summed E-state index contributed by atoms with van der Waals surface area (Å²) in [6.45, 7) is 3.06. The van der Waals surface area contributed by atoms with Gasteiger partial charge in [0.25, 0.3) is 0 Å². The molecule has 0 amide bonds. The van der Waals surface area contributed by atoms with Crippen molar-refractivity contribution < 1.29 is 4.52 Å². The molecule has 112 valence electrons. The van der Waals surface area contributed by atoms with Gasteiger partial charge in [-0.3, -0.25) is 0 Å². The zero-order chi connectivity index (χ0) is 15.0. The molecule has 0 aliphatic heterocycles. The molecule has 0 aliphatic carbocycles. The van der Waals surface area contributed by atoms with Crippen LogP contribution in [0.5, 0.6) is 0 Å². The Morgan fingerprint density at radius 1 is 0.810 bits per heavy atom. The Bertz CT molecular complexity index is 525. The van der Waals surface area contributed by atoms with E-state index in [1.165, 1.54) is 29.9 Å². The molecule has 0 atom stereocenters. The number of hydrogen-bond acceptors (Lipinski definition) is 1. The van der Waals surface area contributed by atoms with E-state index < -0.39 is 5.74 Å². The third-order valence-corrected chi connectivity index (χ3v) is 9.28. The zero-order valence-corrected chi connectivity index (χ0v) is 15.2. The van der Waals surface area contributed by atoms with Crippen LogP contribution in [-0.4, -0.2) is 21.7 Å². The maximum absolute atomic E-state index is 6.40. The van der Waals surface area contributed by atoms with Gasteiger partial charge in [0, 0.05) is 0 Å². The van der Waals surface area contributed by atoms with E-state index in [0.29, 0.717) is 0 Å². The van der Waals surface area contributed by atoms with Crippen LogP contribution in [0.3, 0.4) is 0 Å². The Hall–Kier alpha value is -0.651. The molecule has 1 nitrogen and oxygen atoms in total. The van der Waals surface area contributed by atoms with Gasteiger partial charge in [0.15, 0.2) is 0 Å². The van der Waals surface area contributed by atoms with E-state index in [0.717, 1.165) is 13.0 Å². The average Bonchev–Trinajstić information content (AvgIpc) is 2.56. The van der Waals surface area contributed by atoms with E-state index in [2.05, 4.69) is 82.7 Å². The Labute approximate surface area is 136 Å². The van der Waals surface area contributed by atoms with Crippen molar-refractivity contribution >= 4 is 31.4 Å². The summed E-state index contributed by atoms with van der Waals surface area (Å²) in [7, 11) is 0. The first-order valence-electron chi connectivity index (χ1n) is 7.63. The van der Waals surface area contributed by atoms with E-state index >= 15 is 0 Å². The van der Waals surface area contributed by atoms with Crippen LogP contribution in [0.15, 0.2) is 60.7 Å². The van der Waals surface area contributed by atoms with Crippen molar-refractivity contribution in [2.45, 2.75) is 32.6 Å². The van der Waals surface area contributed by atoms with Gasteiger partial charge in [-0.25, -0.2) is 0 Å². The normalized spacial score (nSPS) is 11.5. The molecule has 0 spiro atoms. The topological polar surface area (TPSA) is 9.23 Å². The Morgan fingerprint density at radius 2 is 1.33 bits per heavy atom. The summed E-state index contributed by atoms with van der Waals surface area (Å²) in [6.07, 6.45) is 4.94. The van der Waals surface area contributed by atoms with Gasteiger partial charge in [-0.15, -0.1) is 0 Å². The average molecular weight is 365 g/mol. The van der Waals surface area contributed by atoms with Crippen LogP contribution >= 0.6 is 5.74 Å². The van der Waals surface area contributed by atoms with Gasteiger partial charge in [-0.1, -0.05) is 0 Å². The van der Waals surface area contributed by atoms with Crippen LogP contribution in [0.4, 0.5) is 0 Å². The minimum atomic E-state index is -1.85. The summed E-state index contributed by atoms with van der Waals surface area (Å²) in [4.78, 5) is 0. The van der Waals surface area contributed by atoms with E-state index in [-0.39, 0.29) is 0 Å². The van der Waals surface area contributed by atoms with E-state index in [1.807, 2.05) is 0 Å². The van der Waals surface area contributed by atoms with Crippen molar-refractivity contribution in [3.63, 3.8) is 0 Å². The van der Waals surface area contributed by atoms with Crippen molar-refractivity contribution in [1.82, 2.24) is 0 Å². The fraction of sp³-hybridized carbons (Fsp3) is 0.333. The van der Waals surface area contributed by atoms with Gasteiger partial charge < -0.3 is 0 Å². The number of benzene rings is 2. The molecule has 0 radical (unpaired) electrons. The molecule has 2 rings (SSSR count). The van der Waals surface area contributed by atoms with Gasteiger partial charge in [0.1, 0.15) is 0 Å². The number of hydrogen-bond donors (Lipinski definition) is 0. The molecule has 0 unspecified atom stereocenters. The Kier molecular flexibility index (Phi) is 6.93. The molecule has 0 saturated carbocycles. The van der Waals surface area contributed by atoms with Crippen LogP contribution in [0.2, 0.25) is 0 Å². The monoisotopic (exact) mass is 366 g/mol. The second-order valence-electron chi connectivity index (χ2n) is 5.12. The molecule has 0 heterocycles. The quantitative estimate of drug-likeness (QED) is 0.386. The van der Waals surface area contributed by atoms with E-state index in [9.17, 15) is 0 Å². The number of unbranched alkanes of at least 4 members (excludes halogenated alkanes) is 3. The van der Waals surface area contributed by atoms with Crippen molar-refractivity contribution in [1.29, 1.82) is 0 Å². The third-order valence-electron chi connectivity index (χ3n) is 3.46. The van der Waals surface area contributed by atoms with Gasteiger partial charge in [0.05, 0.1) is 0 Å². The second kappa shape index (κ2) is 8.71. The van der Waals surface area contributed by atoms with Gasteiger partial charge in [-0.05, 0) is 0 Å². The van der Waals surface area contributed by atoms with Gasteiger partial charge in [-0.2, -0.15) is 0 Å². The zero-order valence-electron chi connectivity index (χ0n) is 12.6. The van der Waals surface area contributed by atoms with Gasteiger partial charge in [0.2, 0.25) is 0 Å². The Balaban J connectivity index is 2.18. The molecule has 0 bridgehead atoms. The van der Waals surface area contributed by atoms with Crippen LogP contribution in [0.25, 0.3) is 0 Å². The predicted octanol–water partition coefficient (Wildman–Crippen LogP) is 4.25. The number of rotatable bonds is 8. The molecule has 0 aromatic heterocycles. The van der Waals surface area contributed by atoms with Gasteiger partial charge >= 0.3 is 136 Å². The summed E-state index contributed by atoms with van der Waals surface area (Å²) in [5.74, 6) is 0. The molecule has 0 saturated heterocycles. The molecular weight excluding hydrogens is 342 g/mol.